The Morgan fingerprint density at radius 3 is 2.75 bits per heavy atom. The lowest BCUT2D eigenvalue weighted by atomic mass is 10.1. The number of carbonyl (C=O) groups excluding carboxylic acids is 2. The number of fused-ring (bicyclic) bond motifs is 1. The number of amides is 1. The Morgan fingerprint density at radius 2 is 2.10 bits per heavy atom. The van der Waals surface area contributed by atoms with E-state index in [2.05, 4.69) is 10.3 Å². The van der Waals surface area contributed by atoms with Crippen LogP contribution in [-0.4, -0.2) is 34.1 Å². The summed E-state index contributed by atoms with van der Waals surface area (Å²) in [4.78, 5) is 25.7. The van der Waals surface area contributed by atoms with Crippen molar-refractivity contribution in [3.63, 3.8) is 0 Å². The molecule has 0 spiro atoms. The van der Waals surface area contributed by atoms with E-state index in [4.69, 9.17) is 0 Å². The van der Waals surface area contributed by atoms with Crippen LogP contribution in [0.5, 0.6) is 0 Å². The number of benzene rings is 1. The second-order valence-electron chi connectivity index (χ2n) is 4.64. The van der Waals surface area contributed by atoms with Gasteiger partial charge in [0.15, 0.2) is 0 Å². The Hall–Kier alpha value is -2.34. The fourth-order valence-electron chi connectivity index (χ4n) is 2.05. The predicted molar refractivity (Wildman–Crippen MR) is 70.6 cm³/mol. The number of hydrogen-bond donors (Lipinski definition) is 3. The molecule has 0 unspecified atom stereocenters. The van der Waals surface area contributed by atoms with E-state index >= 15 is 0 Å². The van der Waals surface area contributed by atoms with Gasteiger partial charge in [-0.15, -0.1) is 0 Å². The van der Waals surface area contributed by atoms with Crippen LogP contribution >= 0.6 is 0 Å². The van der Waals surface area contributed by atoms with Gasteiger partial charge < -0.3 is 25.3 Å². The minimum Gasteiger partial charge on any atom is -0.548 e. The standard InChI is InChI=1S/C14H16N2O4/c1-8(17)13(14(19)20)16-12(18)6-9-7-15-11-5-3-2-4-10(9)11/h2-5,7-8,13,15,17H,6H2,1H3,(H,16,18)(H,19,20)/p-1/t8-,13-/m1/s1. The molecule has 0 aliphatic rings. The van der Waals surface area contributed by atoms with E-state index in [1.165, 1.54) is 6.92 Å². The van der Waals surface area contributed by atoms with E-state index in [0.29, 0.717) is 0 Å². The molecular weight excluding hydrogens is 260 g/mol. The lowest BCUT2D eigenvalue weighted by Gasteiger charge is -2.22. The van der Waals surface area contributed by atoms with E-state index in [0.717, 1.165) is 16.5 Å². The van der Waals surface area contributed by atoms with Gasteiger partial charge >= 0.3 is 0 Å². The molecule has 0 fully saturated rings. The van der Waals surface area contributed by atoms with Crippen molar-refractivity contribution < 1.29 is 19.8 Å². The Labute approximate surface area is 115 Å². The second kappa shape index (κ2) is 5.75. The maximum atomic E-state index is 11.8. The maximum absolute atomic E-state index is 11.8. The van der Waals surface area contributed by atoms with Crippen molar-refractivity contribution >= 4 is 22.8 Å². The van der Waals surface area contributed by atoms with Crippen LogP contribution in [0.2, 0.25) is 0 Å². The summed E-state index contributed by atoms with van der Waals surface area (Å²) < 4.78 is 0. The number of rotatable bonds is 5. The maximum Gasteiger partial charge on any atom is 0.225 e. The monoisotopic (exact) mass is 275 g/mol. The number of nitrogens with one attached hydrogen (secondary N) is 2. The highest BCUT2D eigenvalue weighted by molar-refractivity contribution is 5.90. The Morgan fingerprint density at radius 1 is 1.40 bits per heavy atom. The van der Waals surface area contributed by atoms with Crippen molar-refractivity contribution in [2.45, 2.75) is 25.5 Å². The molecule has 0 saturated carbocycles. The van der Waals surface area contributed by atoms with Gasteiger partial charge in [-0.05, 0) is 18.6 Å². The molecule has 1 amide bonds. The third-order valence-electron chi connectivity index (χ3n) is 3.08. The van der Waals surface area contributed by atoms with Crippen LogP contribution in [0.25, 0.3) is 10.9 Å². The van der Waals surface area contributed by atoms with Crippen molar-refractivity contribution in [2.24, 2.45) is 0 Å². The Bertz CT molecular complexity index is 633. The Kier molecular flexibility index (Phi) is 4.05. The van der Waals surface area contributed by atoms with Crippen molar-refractivity contribution in [2.75, 3.05) is 0 Å². The zero-order valence-corrected chi connectivity index (χ0v) is 10.9. The average molecular weight is 275 g/mol. The molecule has 0 radical (unpaired) electrons. The highest BCUT2D eigenvalue weighted by Crippen LogP contribution is 2.17. The highest BCUT2D eigenvalue weighted by Gasteiger charge is 2.19. The van der Waals surface area contributed by atoms with E-state index in [1.54, 1.807) is 6.20 Å². The summed E-state index contributed by atoms with van der Waals surface area (Å²) in [7, 11) is 0. The van der Waals surface area contributed by atoms with E-state index in [1.807, 2.05) is 24.3 Å². The average Bonchev–Trinajstić information content (AvgIpc) is 2.79. The lowest BCUT2D eigenvalue weighted by molar-refractivity contribution is -0.310. The number of aromatic amines is 1. The van der Waals surface area contributed by atoms with Gasteiger partial charge in [-0.3, -0.25) is 4.79 Å². The first-order chi connectivity index (χ1) is 9.49. The number of aliphatic hydroxyl groups excluding tert-OH is 1. The minimum atomic E-state index is -1.51. The molecule has 0 aliphatic heterocycles. The van der Waals surface area contributed by atoms with Gasteiger partial charge in [0, 0.05) is 17.1 Å². The van der Waals surface area contributed by atoms with Crippen LogP contribution in [0.4, 0.5) is 0 Å². The van der Waals surface area contributed by atoms with Crippen LogP contribution in [0, 0.1) is 0 Å². The lowest BCUT2D eigenvalue weighted by Crippen LogP contribution is -2.53. The number of H-pyrrole nitrogens is 1. The van der Waals surface area contributed by atoms with Gasteiger partial charge in [0.1, 0.15) is 0 Å². The molecule has 1 aromatic heterocycles. The molecule has 2 atom stereocenters. The molecule has 6 nitrogen and oxygen atoms in total. The van der Waals surface area contributed by atoms with Crippen LogP contribution in [0.3, 0.4) is 0 Å². The van der Waals surface area contributed by atoms with Crippen LogP contribution in [-0.2, 0) is 16.0 Å². The quantitative estimate of drug-likeness (QED) is 0.672. The first-order valence-electron chi connectivity index (χ1n) is 6.22. The summed E-state index contributed by atoms with van der Waals surface area (Å²) in [6.45, 7) is 1.28. The number of aliphatic hydroxyl groups is 1. The van der Waals surface area contributed by atoms with Gasteiger partial charge in [-0.2, -0.15) is 0 Å². The summed E-state index contributed by atoms with van der Waals surface area (Å²) in [6, 6.07) is 6.09. The van der Waals surface area contributed by atoms with Gasteiger partial charge in [0.2, 0.25) is 5.91 Å². The molecule has 2 aromatic rings. The topological polar surface area (TPSA) is 105 Å². The van der Waals surface area contributed by atoms with Crippen molar-refractivity contribution in [3.8, 4) is 0 Å². The normalized spacial score (nSPS) is 13.9. The molecule has 20 heavy (non-hydrogen) atoms. The third-order valence-corrected chi connectivity index (χ3v) is 3.08. The SMILES string of the molecule is C[C@@H](O)[C@@H](NC(=O)Cc1c[nH]c2ccccc12)C(=O)[O-]. The summed E-state index contributed by atoms with van der Waals surface area (Å²) in [6.07, 6.45) is 0.521. The molecule has 1 heterocycles. The summed E-state index contributed by atoms with van der Waals surface area (Å²) in [5.41, 5.74) is 1.67. The van der Waals surface area contributed by atoms with Crippen molar-refractivity contribution in [1.29, 1.82) is 0 Å². The van der Waals surface area contributed by atoms with E-state index in [9.17, 15) is 19.8 Å². The third kappa shape index (κ3) is 2.97. The summed E-state index contributed by atoms with van der Waals surface area (Å²) in [5, 5.41) is 23.2. The van der Waals surface area contributed by atoms with E-state index < -0.39 is 24.0 Å². The van der Waals surface area contributed by atoms with Gasteiger partial charge in [0.05, 0.1) is 24.5 Å². The molecule has 106 valence electrons. The molecule has 6 heteroatoms. The summed E-state index contributed by atoms with van der Waals surface area (Å²) >= 11 is 0. The zero-order valence-electron chi connectivity index (χ0n) is 10.9. The van der Waals surface area contributed by atoms with Crippen LogP contribution < -0.4 is 10.4 Å². The molecule has 0 bridgehead atoms. The molecule has 0 aliphatic carbocycles. The van der Waals surface area contributed by atoms with Crippen LogP contribution in [0.1, 0.15) is 12.5 Å². The number of aliphatic carboxylic acids is 1. The predicted octanol–water partition coefficient (Wildman–Crippen LogP) is -0.674. The van der Waals surface area contributed by atoms with E-state index in [-0.39, 0.29) is 6.42 Å². The van der Waals surface area contributed by atoms with Crippen LogP contribution in [0.15, 0.2) is 30.5 Å². The number of aromatic nitrogens is 1. The number of carboxylic acid groups (broad SMARTS) is 1. The molecule has 3 N–H and O–H groups in total. The fraction of sp³-hybridized carbons (Fsp3) is 0.286. The molecular formula is C14H15N2O4-. The molecule has 2 rings (SSSR count). The first-order valence-corrected chi connectivity index (χ1v) is 6.22. The molecule has 0 saturated heterocycles. The minimum absolute atomic E-state index is 0.0283. The fourth-order valence-corrected chi connectivity index (χ4v) is 2.05. The Balaban J connectivity index is 2.10. The zero-order chi connectivity index (χ0) is 14.7. The van der Waals surface area contributed by atoms with Gasteiger partial charge in [-0.1, -0.05) is 18.2 Å². The number of carbonyl (C=O) groups is 2. The summed E-state index contributed by atoms with van der Waals surface area (Å²) in [5.74, 6) is -1.99. The van der Waals surface area contributed by atoms with Gasteiger partial charge in [0.25, 0.3) is 0 Å². The smallest absolute Gasteiger partial charge is 0.225 e. The highest BCUT2D eigenvalue weighted by atomic mass is 16.4. The van der Waals surface area contributed by atoms with Crippen molar-refractivity contribution in [3.05, 3.63) is 36.0 Å². The number of hydrogen-bond acceptors (Lipinski definition) is 4. The second-order valence-corrected chi connectivity index (χ2v) is 4.64. The molecule has 1 aromatic carbocycles. The van der Waals surface area contributed by atoms with Crippen molar-refractivity contribution in [1.82, 2.24) is 10.3 Å². The number of carboxylic acids is 1. The van der Waals surface area contributed by atoms with Gasteiger partial charge in [-0.25, -0.2) is 0 Å². The number of para-hydroxylation sites is 1. The largest absolute Gasteiger partial charge is 0.548 e. The first kappa shape index (κ1) is 14.1.